The zero-order valence-electron chi connectivity index (χ0n) is 23.5. The fourth-order valence-electron chi connectivity index (χ4n) is 4.44. The maximum atomic E-state index is 13.1. The molecule has 0 fully saturated rings. The van der Waals surface area contributed by atoms with Gasteiger partial charge in [-0.15, -0.1) is 0 Å². The molecule has 0 aliphatic carbocycles. The molecule has 198 valence electrons. The fourth-order valence-corrected chi connectivity index (χ4v) is 5.00. The molecule has 0 aliphatic rings. The Morgan fingerprint density at radius 3 is 1.86 bits per heavy atom. The van der Waals surface area contributed by atoms with Crippen molar-refractivity contribution in [3.8, 4) is 0 Å². The molecule has 4 nitrogen and oxygen atoms in total. The molecule has 0 aliphatic heterocycles. The van der Waals surface area contributed by atoms with E-state index in [1.54, 1.807) is 18.2 Å². The van der Waals surface area contributed by atoms with Gasteiger partial charge in [-0.25, -0.2) is 8.42 Å². The first-order valence-electron chi connectivity index (χ1n) is 13.0. The molecule has 0 saturated heterocycles. The van der Waals surface area contributed by atoms with Crippen molar-refractivity contribution in [3.63, 3.8) is 0 Å². The van der Waals surface area contributed by atoms with Gasteiger partial charge in [-0.1, -0.05) is 90.1 Å². The van der Waals surface area contributed by atoms with Crippen molar-refractivity contribution in [2.24, 2.45) is 0 Å². The average molecular weight is 513 g/mol. The molecule has 5 heteroatoms. The van der Waals surface area contributed by atoms with E-state index in [1.807, 2.05) is 32.0 Å². The van der Waals surface area contributed by atoms with Gasteiger partial charge in [0.05, 0.1) is 18.0 Å². The van der Waals surface area contributed by atoms with Gasteiger partial charge in [0.15, 0.2) is 15.6 Å². The number of rotatable bonds is 12. The largest absolute Gasteiger partial charge is 0.366 e. The summed E-state index contributed by atoms with van der Waals surface area (Å²) >= 11 is 0. The highest BCUT2D eigenvalue weighted by molar-refractivity contribution is 7.90. The van der Waals surface area contributed by atoms with Gasteiger partial charge < -0.3 is 4.74 Å². The van der Waals surface area contributed by atoms with E-state index in [1.165, 1.54) is 28.5 Å². The Hall–Kier alpha value is -2.24. The lowest BCUT2D eigenvalue weighted by Crippen LogP contribution is -2.23. The van der Waals surface area contributed by atoms with Crippen molar-refractivity contribution < 1.29 is 17.9 Å². The van der Waals surface area contributed by atoms with Crippen LogP contribution in [0.15, 0.2) is 54.1 Å². The molecule has 0 unspecified atom stereocenters. The highest BCUT2D eigenvalue weighted by Crippen LogP contribution is 2.38. The van der Waals surface area contributed by atoms with Crippen molar-refractivity contribution >= 4 is 15.6 Å². The third kappa shape index (κ3) is 8.41. The number of carbonyl (C=O) groups excluding carboxylic acids is 1. The van der Waals surface area contributed by atoms with E-state index >= 15 is 0 Å². The average Bonchev–Trinajstić information content (AvgIpc) is 2.80. The third-order valence-corrected chi connectivity index (χ3v) is 7.41. The zero-order chi connectivity index (χ0) is 27.2. The summed E-state index contributed by atoms with van der Waals surface area (Å²) in [5, 5.41) is 0. The van der Waals surface area contributed by atoms with Gasteiger partial charge in [-0.05, 0) is 59.4 Å². The molecule has 0 N–H and O–H groups in total. The maximum Gasteiger partial charge on any atom is 0.165 e. The molecular weight excluding hydrogens is 468 g/mol. The van der Waals surface area contributed by atoms with Crippen LogP contribution in [0, 0.1) is 0 Å². The summed E-state index contributed by atoms with van der Waals surface area (Å²) in [6.07, 6.45) is 2.25. The van der Waals surface area contributed by atoms with Crippen LogP contribution in [0.1, 0.15) is 118 Å². The quantitative estimate of drug-likeness (QED) is 0.215. The van der Waals surface area contributed by atoms with E-state index in [9.17, 15) is 13.2 Å². The Kier molecular flexibility index (Phi) is 10.7. The minimum Gasteiger partial charge on any atom is -0.366 e. The van der Waals surface area contributed by atoms with Gasteiger partial charge >= 0.3 is 0 Å². The van der Waals surface area contributed by atoms with Crippen LogP contribution in [0.3, 0.4) is 0 Å². The Morgan fingerprint density at radius 2 is 1.42 bits per heavy atom. The first-order valence-corrected chi connectivity index (χ1v) is 15.0. The lowest BCUT2D eigenvalue weighted by atomic mass is 9.82. The van der Waals surface area contributed by atoms with Crippen molar-refractivity contribution in [3.05, 3.63) is 81.9 Å². The molecule has 2 aromatic rings. The van der Waals surface area contributed by atoms with Crippen LogP contribution in [0.4, 0.5) is 0 Å². The summed E-state index contributed by atoms with van der Waals surface area (Å²) in [6, 6.07) is 13.8. The van der Waals surface area contributed by atoms with Gasteiger partial charge in [0.25, 0.3) is 0 Å². The van der Waals surface area contributed by atoms with Gasteiger partial charge in [0.2, 0.25) is 0 Å². The number of sulfone groups is 1. The molecule has 0 heterocycles. The maximum absolute atomic E-state index is 13.1. The summed E-state index contributed by atoms with van der Waals surface area (Å²) < 4.78 is 30.3. The summed E-state index contributed by atoms with van der Waals surface area (Å²) in [5.74, 6) is 0.942. The smallest absolute Gasteiger partial charge is 0.165 e. The van der Waals surface area contributed by atoms with Crippen LogP contribution >= 0.6 is 0 Å². The number of hydrogen-bond donors (Lipinski definition) is 0. The number of Topliss-reactive ketones (excluding diaryl/α,β-unsaturated/α-hetero) is 1. The molecule has 0 aromatic heterocycles. The van der Waals surface area contributed by atoms with Gasteiger partial charge in [0, 0.05) is 18.2 Å². The first kappa shape index (κ1) is 30.0. The second kappa shape index (κ2) is 12.8. The number of ketones is 1. The molecule has 0 bridgehead atoms. The molecule has 2 rings (SSSR count). The molecule has 2 aromatic carbocycles. The summed E-state index contributed by atoms with van der Waals surface area (Å²) in [6.45, 7) is 17.1. The van der Waals surface area contributed by atoms with Crippen LogP contribution in [-0.4, -0.2) is 32.3 Å². The minimum atomic E-state index is -3.18. The van der Waals surface area contributed by atoms with Crippen LogP contribution in [0.25, 0.3) is 0 Å². The third-order valence-electron chi connectivity index (χ3n) is 6.63. The number of ether oxygens (including phenoxy) is 1. The fraction of sp³-hybridized carbons (Fsp3) is 0.516. The van der Waals surface area contributed by atoms with Crippen molar-refractivity contribution in [1.29, 1.82) is 0 Å². The van der Waals surface area contributed by atoms with Crippen LogP contribution in [0.5, 0.6) is 0 Å². The highest BCUT2D eigenvalue weighted by atomic mass is 32.2. The lowest BCUT2D eigenvalue weighted by molar-refractivity contribution is 0.0129. The summed E-state index contributed by atoms with van der Waals surface area (Å²) in [7, 11) is -3.18. The second-order valence-electron chi connectivity index (χ2n) is 10.9. The molecule has 0 radical (unpaired) electrons. The van der Waals surface area contributed by atoms with Crippen molar-refractivity contribution in [2.75, 3.05) is 12.0 Å². The molecule has 36 heavy (non-hydrogen) atoms. The highest BCUT2D eigenvalue weighted by Gasteiger charge is 2.26. The van der Waals surface area contributed by atoms with Crippen molar-refractivity contribution in [1.82, 2.24) is 0 Å². The monoisotopic (exact) mass is 512 g/mol. The summed E-state index contributed by atoms with van der Waals surface area (Å²) in [4.78, 5) is 13.1. The number of benzene rings is 2. The Balaban J connectivity index is 2.52. The molecule has 0 amide bonds. The van der Waals surface area contributed by atoms with E-state index in [2.05, 4.69) is 53.7 Å². The molecule has 2 atom stereocenters. The molecular formula is C31H44O4S. The Bertz CT molecular complexity index is 1130. The van der Waals surface area contributed by atoms with Gasteiger partial charge in [0.1, 0.15) is 0 Å². The van der Waals surface area contributed by atoms with E-state index in [4.69, 9.17) is 4.74 Å². The van der Waals surface area contributed by atoms with E-state index in [-0.39, 0.29) is 24.1 Å². The Labute approximate surface area is 219 Å². The Morgan fingerprint density at radius 1 is 0.889 bits per heavy atom. The summed E-state index contributed by atoms with van der Waals surface area (Å²) in [5.41, 5.74) is 6.41. The molecule has 0 spiro atoms. The predicted molar refractivity (Wildman–Crippen MR) is 151 cm³/mol. The van der Waals surface area contributed by atoms with Crippen LogP contribution in [-0.2, 0) is 14.6 Å². The van der Waals surface area contributed by atoms with Crippen LogP contribution in [0.2, 0.25) is 0 Å². The second-order valence-corrected chi connectivity index (χ2v) is 13.1. The lowest BCUT2D eigenvalue weighted by Gasteiger charge is -2.30. The van der Waals surface area contributed by atoms with E-state index in [0.717, 1.165) is 5.57 Å². The first-order chi connectivity index (χ1) is 16.7. The van der Waals surface area contributed by atoms with Gasteiger partial charge in [-0.3, -0.25) is 4.79 Å². The molecule has 0 saturated carbocycles. The standard InChI is InChI=1S/C31H44O4S/c1-20(2)26-17-27(21(3)4)31(28(18-26)22(5)6)24(8)35-30(23(7)15-16-36(9,33)34)19-29(32)25-13-11-10-12-14-25/h10-15,17-18,20-22,24,30H,16,19H2,1-9H3/b23-15-/t24-,30+/m0/s1. The normalized spacial score (nSPS) is 14.5. The van der Waals surface area contributed by atoms with E-state index in [0.29, 0.717) is 23.3 Å². The van der Waals surface area contributed by atoms with E-state index < -0.39 is 15.9 Å². The minimum absolute atomic E-state index is 0.0248. The number of hydrogen-bond acceptors (Lipinski definition) is 4. The topological polar surface area (TPSA) is 60.4 Å². The van der Waals surface area contributed by atoms with Gasteiger partial charge in [-0.2, -0.15) is 0 Å². The van der Waals surface area contributed by atoms with Crippen molar-refractivity contribution in [2.45, 2.75) is 91.8 Å². The predicted octanol–water partition coefficient (Wildman–Crippen LogP) is 7.77. The number of carbonyl (C=O) groups is 1. The van der Waals surface area contributed by atoms with Crippen LogP contribution < -0.4 is 0 Å². The SMILES string of the molecule is C/C(=C/CS(C)(=O)=O)[C@@H](CC(=O)c1ccccc1)O[C@@H](C)c1c(C(C)C)cc(C(C)C)cc1C(C)C. The zero-order valence-corrected chi connectivity index (χ0v) is 24.3.